The molecule has 0 aliphatic carbocycles. The maximum absolute atomic E-state index is 12.4. The van der Waals surface area contributed by atoms with Crippen molar-refractivity contribution in [2.24, 2.45) is 0 Å². The van der Waals surface area contributed by atoms with E-state index < -0.39 is 12.1 Å². The highest BCUT2D eigenvalue weighted by atomic mass is 16.5. The van der Waals surface area contributed by atoms with Gasteiger partial charge in [-0.2, -0.15) is 0 Å². The average Bonchev–Trinajstić information content (AvgIpc) is 3.18. The molecule has 326 valence electrons. The number of carbonyl (C=O) groups excluding carboxylic acids is 2. The number of hydrogen-bond donors (Lipinski definition) is 3. The van der Waals surface area contributed by atoms with Gasteiger partial charge < -0.3 is 20.3 Å². The Morgan fingerprint density at radius 1 is 0.491 bits per heavy atom. The predicted octanol–water partition coefficient (Wildman–Crippen LogP) is 14.2. The number of carbonyl (C=O) groups is 2. The van der Waals surface area contributed by atoms with E-state index in [0.29, 0.717) is 25.9 Å². The van der Waals surface area contributed by atoms with Crippen molar-refractivity contribution < 1.29 is 24.5 Å². The van der Waals surface area contributed by atoms with Gasteiger partial charge in [-0.3, -0.25) is 9.59 Å². The van der Waals surface area contributed by atoms with E-state index in [-0.39, 0.29) is 18.5 Å². The van der Waals surface area contributed by atoms with E-state index in [4.69, 9.17) is 4.74 Å². The van der Waals surface area contributed by atoms with Crippen LogP contribution in [0.1, 0.15) is 264 Å². The average molecular weight is 778 g/mol. The second kappa shape index (κ2) is 45.3. The number of unbranched alkanes of at least 4 members (excludes halogenated alkanes) is 32. The fourth-order valence-corrected chi connectivity index (χ4v) is 7.52. The Morgan fingerprint density at radius 2 is 0.873 bits per heavy atom. The molecule has 0 fully saturated rings. The van der Waals surface area contributed by atoms with Crippen molar-refractivity contribution in [3.05, 3.63) is 12.2 Å². The van der Waals surface area contributed by atoms with Crippen LogP contribution in [-0.2, 0) is 14.3 Å². The maximum atomic E-state index is 12.4. The lowest BCUT2D eigenvalue weighted by molar-refractivity contribution is -0.143. The largest absolute Gasteiger partial charge is 0.466 e. The molecule has 0 saturated heterocycles. The van der Waals surface area contributed by atoms with E-state index in [2.05, 4.69) is 31.3 Å². The fraction of sp³-hybridized carbons (Fsp3) is 0.918. The summed E-state index contributed by atoms with van der Waals surface area (Å²) in [4.78, 5) is 24.4. The minimum absolute atomic E-state index is 0.0324. The first-order chi connectivity index (χ1) is 27.0. The summed E-state index contributed by atoms with van der Waals surface area (Å²) >= 11 is 0. The molecule has 6 heteroatoms. The zero-order chi connectivity index (χ0) is 40.1. The molecule has 55 heavy (non-hydrogen) atoms. The molecule has 3 N–H and O–H groups in total. The van der Waals surface area contributed by atoms with Crippen molar-refractivity contribution in [1.82, 2.24) is 5.32 Å². The first-order valence-corrected chi connectivity index (χ1v) is 24.4. The third-order valence-electron chi connectivity index (χ3n) is 11.3. The number of allylic oxidation sites excluding steroid dienone is 2. The maximum Gasteiger partial charge on any atom is 0.305 e. The van der Waals surface area contributed by atoms with Crippen LogP contribution in [0.15, 0.2) is 12.2 Å². The lowest BCUT2D eigenvalue weighted by atomic mass is 10.0. The highest BCUT2D eigenvalue weighted by Crippen LogP contribution is 2.16. The summed E-state index contributed by atoms with van der Waals surface area (Å²) in [6, 6.07) is -0.576. The molecule has 1 amide bonds. The molecule has 2 atom stereocenters. The standard InChI is InChI=1S/C49H95NO5/c1-3-5-7-9-11-13-15-17-18-19-21-23-27-31-35-39-43-49(54)55-44-40-36-32-28-24-26-30-34-38-42-48(53)50-46(45-51)47(52)41-37-33-29-25-22-20-16-14-12-10-8-6-4-2/h26,30,46-47,51-52H,3-25,27-29,31-45H2,1-2H3,(H,50,53)/b30-26-. The van der Waals surface area contributed by atoms with Crippen molar-refractivity contribution in [3.8, 4) is 0 Å². The topological polar surface area (TPSA) is 95.9 Å². The van der Waals surface area contributed by atoms with Crippen LogP contribution in [0.5, 0.6) is 0 Å². The second-order valence-electron chi connectivity index (χ2n) is 16.8. The van der Waals surface area contributed by atoms with Crippen LogP contribution >= 0.6 is 0 Å². The van der Waals surface area contributed by atoms with E-state index in [9.17, 15) is 19.8 Å². The third-order valence-corrected chi connectivity index (χ3v) is 11.3. The molecule has 2 unspecified atom stereocenters. The van der Waals surface area contributed by atoms with E-state index >= 15 is 0 Å². The number of rotatable bonds is 45. The molecule has 0 aliphatic heterocycles. The van der Waals surface area contributed by atoms with Crippen molar-refractivity contribution >= 4 is 11.9 Å². The van der Waals surface area contributed by atoms with Gasteiger partial charge >= 0.3 is 5.97 Å². The van der Waals surface area contributed by atoms with Crippen molar-refractivity contribution in [2.75, 3.05) is 13.2 Å². The van der Waals surface area contributed by atoms with Gasteiger partial charge in [-0.15, -0.1) is 0 Å². The molecule has 6 nitrogen and oxygen atoms in total. The molecule has 0 radical (unpaired) electrons. The number of aliphatic hydroxyl groups excluding tert-OH is 2. The molecule has 0 spiro atoms. The summed E-state index contributed by atoms with van der Waals surface area (Å²) in [5.41, 5.74) is 0. The van der Waals surface area contributed by atoms with E-state index in [0.717, 1.165) is 70.6 Å². The molecular weight excluding hydrogens is 683 g/mol. The Labute approximate surface area is 342 Å². The first kappa shape index (κ1) is 53.6. The molecule has 0 aromatic rings. The number of ether oxygens (including phenoxy) is 1. The minimum atomic E-state index is -0.692. The lowest BCUT2D eigenvalue weighted by Gasteiger charge is -2.22. The van der Waals surface area contributed by atoms with Gasteiger partial charge in [0, 0.05) is 12.8 Å². The smallest absolute Gasteiger partial charge is 0.305 e. The molecule has 0 aromatic carbocycles. The Hall–Kier alpha value is -1.40. The zero-order valence-electron chi connectivity index (χ0n) is 36.9. The van der Waals surface area contributed by atoms with Crippen LogP contribution < -0.4 is 5.32 Å². The lowest BCUT2D eigenvalue weighted by Crippen LogP contribution is -2.45. The van der Waals surface area contributed by atoms with Gasteiger partial charge in [0.2, 0.25) is 5.91 Å². The van der Waals surface area contributed by atoms with Gasteiger partial charge in [0.1, 0.15) is 0 Å². The summed E-state index contributed by atoms with van der Waals surface area (Å²) in [5, 5.41) is 23.1. The number of esters is 1. The first-order valence-electron chi connectivity index (χ1n) is 24.4. The Morgan fingerprint density at radius 3 is 1.33 bits per heavy atom. The number of aliphatic hydroxyl groups is 2. The summed E-state index contributed by atoms with van der Waals surface area (Å²) < 4.78 is 5.44. The SMILES string of the molecule is CCCCCCCCCCCCCCCCCCC(=O)OCCCCCC/C=C\CCCC(=O)NC(CO)C(O)CCCCCCCCCCCCCCC. The molecular formula is C49H95NO5. The third kappa shape index (κ3) is 42.0. The van der Waals surface area contributed by atoms with Crippen LogP contribution in [0.3, 0.4) is 0 Å². The van der Waals surface area contributed by atoms with E-state index in [1.165, 1.54) is 161 Å². The molecule has 0 heterocycles. The van der Waals surface area contributed by atoms with Gasteiger partial charge in [0.15, 0.2) is 0 Å². The summed E-state index contributed by atoms with van der Waals surface area (Å²) in [5.74, 6) is -0.127. The highest BCUT2D eigenvalue weighted by Gasteiger charge is 2.20. The number of hydrogen-bond acceptors (Lipinski definition) is 5. The quantitative estimate of drug-likeness (QED) is 0.0325. The Balaban J connectivity index is 3.52. The van der Waals surface area contributed by atoms with Gasteiger partial charge in [0.25, 0.3) is 0 Å². The minimum Gasteiger partial charge on any atom is -0.466 e. The summed E-state index contributed by atoms with van der Waals surface area (Å²) in [6.07, 6.45) is 50.4. The van der Waals surface area contributed by atoms with Crippen LogP contribution in [0, 0.1) is 0 Å². The van der Waals surface area contributed by atoms with E-state index in [1.807, 2.05) is 0 Å². The number of nitrogens with one attached hydrogen (secondary N) is 1. The van der Waals surface area contributed by atoms with Gasteiger partial charge in [0.05, 0.1) is 25.4 Å². The normalized spacial score (nSPS) is 12.7. The van der Waals surface area contributed by atoms with Crippen molar-refractivity contribution in [1.29, 1.82) is 0 Å². The van der Waals surface area contributed by atoms with Crippen LogP contribution in [0.25, 0.3) is 0 Å². The number of amides is 1. The van der Waals surface area contributed by atoms with Crippen molar-refractivity contribution in [2.45, 2.75) is 276 Å². The highest BCUT2D eigenvalue weighted by molar-refractivity contribution is 5.76. The monoisotopic (exact) mass is 778 g/mol. The van der Waals surface area contributed by atoms with Crippen LogP contribution in [-0.4, -0.2) is 47.4 Å². The van der Waals surface area contributed by atoms with Crippen LogP contribution in [0.4, 0.5) is 0 Å². The zero-order valence-corrected chi connectivity index (χ0v) is 36.9. The van der Waals surface area contributed by atoms with Crippen LogP contribution in [0.2, 0.25) is 0 Å². The van der Waals surface area contributed by atoms with E-state index in [1.54, 1.807) is 0 Å². The Bertz CT molecular complexity index is 817. The Kier molecular flexibility index (Phi) is 44.2. The molecule has 0 saturated carbocycles. The molecule has 0 rings (SSSR count). The predicted molar refractivity (Wildman–Crippen MR) is 237 cm³/mol. The summed E-state index contributed by atoms with van der Waals surface area (Å²) in [7, 11) is 0. The summed E-state index contributed by atoms with van der Waals surface area (Å²) in [6.45, 7) is 4.86. The van der Waals surface area contributed by atoms with Gasteiger partial charge in [-0.05, 0) is 44.9 Å². The van der Waals surface area contributed by atoms with Gasteiger partial charge in [-0.1, -0.05) is 219 Å². The van der Waals surface area contributed by atoms with Gasteiger partial charge in [-0.25, -0.2) is 0 Å². The fourth-order valence-electron chi connectivity index (χ4n) is 7.52. The molecule has 0 aliphatic rings. The molecule has 0 aromatic heterocycles. The van der Waals surface area contributed by atoms with Crippen molar-refractivity contribution in [3.63, 3.8) is 0 Å². The second-order valence-corrected chi connectivity index (χ2v) is 16.8. The molecule has 0 bridgehead atoms.